The molecule has 0 spiro atoms. The van der Waals surface area contributed by atoms with Crippen molar-refractivity contribution in [1.29, 1.82) is 0 Å². The fraction of sp³-hybridized carbons (Fsp3) is 0.0667. The third-order valence-electron chi connectivity index (χ3n) is 2.92. The van der Waals surface area contributed by atoms with Gasteiger partial charge in [0.25, 0.3) is 0 Å². The summed E-state index contributed by atoms with van der Waals surface area (Å²) in [5.74, 6) is 0.881. The molecule has 0 radical (unpaired) electrons. The molecule has 112 valence electrons. The van der Waals surface area contributed by atoms with Crippen LogP contribution in [0.4, 0.5) is 5.69 Å². The molecule has 0 aliphatic carbocycles. The molecule has 0 aliphatic rings. The van der Waals surface area contributed by atoms with Crippen LogP contribution >= 0.6 is 34.8 Å². The maximum absolute atomic E-state index is 6.08. The minimum atomic E-state index is 0.348. The monoisotopic (exact) mass is 353 g/mol. The van der Waals surface area contributed by atoms with Crippen LogP contribution in [0.25, 0.3) is 11.5 Å². The van der Waals surface area contributed by atoms with E-state index in [9.17, 15) is 0 Å². The van der Waals surface area contributed by atoms with Crippen molar-refractivity contribution in [1.82, 2.24) is 10.2 Å². The number of nitrogens with one attached hydrogen (secondary N) is 1. The summed E-state index contributed by atoms with van der Waals surface area (Å²) in [7, 11) is 0. The molecule has 1 aromatic heterocycles. The molecule has 0 aliphatic heterocycles. The molecule has 2 aromatic carbocycles. The predicted octanol–water partition coefficient (Wildman–Crippen LogP) is 5.31. The zero-order valence-electron chi connectivity index (χ0n) is 11.2. The maximum Gasteiger partial charge on any atom is 0.247 e. The lowest BCUT2D eigenvalue weighted by Crippen LogP contribution is -2.00. The number of hydrogen-bond acceptors (Lipinski definition) is 4. The topological polar surface area (TPSA) is 51.0 Å². The van der Waals surface area contributed by atoms with Crippen LogP contribution in [-0.4, -0.2) is 10.2 Å². The van der Waals surface area contributed by atoms with Crippen LogP contribution in [-0.2, 0) is 6.54 Å². The van der Waals surface area contributed by atoms with E-state index in [1.54, 1.807) is 30.3 Å². The molecule has 0 atom stereocenters. The van der Waals surface area contributed by atoms with Crippen molar-refractivity contribution in [2.45, 2.75) is 6.54 Å². The summed E-state index contributed by atoms with van der Waals surface area (Å²) in [6, 6.07) is 12.4. The van der Waals surface area contributed by atoms with Crippen molar-refractivity contribution in [2.24, 2.45) is 0 Å². The van der Waals surface area contributed by atoms with Crippen molar-refractivity contribution in [3.8, 4) is 11.5 Å². The Morgan fingerprint density at radius 2 is 1.64 bits per heavy atom. The first-order valence-corrected chi connectivity index (χ1v) is 7.52. The molecule has 3 aromatic rings. The highest BCUT2D eigenvalue weighted by atomic mass is 35.5. The second-order valence-corrected chi connectivity index (χ2v) is 5.77. The van der Waals surface area contributed by atoms with Gasteiger partial charge in [0.15, 0.2) is 0 Å². The number of nitrogens with zero attached hydrogens (tertiary/aromatic N) is 2. The van der Waals surface area contributed by atoms with E-state index in [-0.39, 0.29) is 0 Å². The predicted molar refractivity (Wildman–Crippen MR) is 88.5 cm³/mol. The smallest absolute Gasteiger partial charge is 0.247 e. The Kier molecular flexibility index (Phi) is 4.52. The molecule has 0 unspecified atom stereocenters. The van der Waals surface area contributed by atoms with Crippen molar-refractivity contribution in [2.75, 3.05) is 5.32 Å². The van der Waals surface area contributed by atoms with E-state index in [0.29, 0.717) is 39.1 Å². The van der Waals surface area contributed by atoms with Gasteiger partial charge < -0.3 is 9.73 Å². The second-order valence-electron chi connectivity index (χ2n) is 4.49. The molecule has 22 heavy (non-hydrogen) atoms. The molecule has 1 N–H and O–H groups in total. The lowest BCUT2D eigenvalue weighted by atomic mass is 10.2. The summed E-state index contributed by atoms with van der Waals surface area (Å²) in [6.45, 7) is 0.348. The third-order valence-corrected chi connectivity index (χ3v) is 3.73. The van der Waals surface area contributed by atoms with Gasteiger partial charge in [-0.05, 0) is 42.5 Å². The standard InChI is InChI=1S/C15H10Cl3N3O/c16-10-3-1-9(2-4-10)15-21-20-14(22-15)8-19-13-7-11(17)5-6-12(13)18/h1-7,19H,8H2. The summed E-state index contributed by atoms with van der Waals surface area (Å²) in [5.41, 5.74) is 1.52. The summed E-state index contributed by atoms with van der Waals surface area (Å²) in [5, 5.41) is 12.9. The Morgan fingerprint density at radius 3 is 2.41 bits per heavy atom. The number of hydrogen-bond donors (Lipinski definition) is 1. The Labute approximate surface area is 142 Å². The maximum atomic E-state index is 6.08. The van der Waals surface area contributed by atoms with Crippen LogP contribution in [0.15, 0.2) is 46.9 Å². The van der Waals surface area contributed by atoms with Crippen LogP contribution in [0.1, 0.15) is 5.89 Å². The average molecular weight is 355 g/mol. The first-order chi connectivity index (χ1) is 10.6. The Bertz CT molecular complexity index is 787. The van der Waals surface area contributed by atoms with Crippen molar-refractivity contribution in [3.63, 3.8) is 0 Å². The first kappa shape index (κ1) is 15.2. The quantitative estimate of drug-likeness (QED) is 0.690. The van der Waals surface area contributed by atoms with Crippen molar-refractivity contribution in [3.05, 3.63) is 63.4 Å². The van der Waals surface area contributed by atoms with Gasteiger partial charge in [0, 0.05) is 15.6 Å². The summed E-state index contributed by atoms with van der Waals surface area (Å²) < 4.78 is 5.60. The molecular weight excluding hydrogens is 345 g/mol. The fourth-order valence-corrected chi connectivity index (χ4v) is 2.32. The minimum Gasteiger partial charge on any atom is -0.419 e. The number of aromatic nitrogens is 2. The van der Waals surface area contributed by atoms with Gasteiger partial charge in [-0.2, -0.15) is 0 Å². The van der Waals surface area contributed by atoms with Gasteiger partial charge in [-0.3, -0.25) is 0 Å². The first-order valence-electron chi connectivity index (χ1n) is 6.39. The molecule has 0 fully saturated rings. The number of anilines is 1. The third kappa shape index (κ3) is 3.53. The number of rotatable bonds is 4. The van der Waals surface area contributed by atoms with Crippen LogP contribution in [0.3, 0.4) is 0 Å². The number of halogens is 3. The van der Waals surface area contributed by atoms with Crippen LogP contribution in [0, 0.1) is 0 Å². The van der Waals surface area contributed by atoms with E-state index in [4.69, 9.17) is 39.2 Å². The van der Waals surface area contributed by atoms with Crippen LogP contribution < -0.4 is 5.32 Å². The average Bonchev–Trinajstić information content (AvgIpc) is 2.98. The zero-order chi connectivity index (χ0) is 15.5. The van der Waals surface area contributed by atoms with E-state index in [2.05, 4.69) is 15.5 Å². The highest BCUT2D eigenvalue weighted by Gasteiger charge is 2.09. The van der Waals surface area contributed by atoms with E-state index in [1.165, 1.54) is 0 Å². The van der Waals surface area contributed by atoms with Gasteiger partial charge in [-0.15, -0.1) is 10.2 Å². The Balaban J connectivity index is 1.72. The van der Waals surface area contributed by atoms with E-state index < -0.39 is 0 Å². The van der Waals surface area contributed by atoms with E-state index in [0.717, 1.165) is 5.56 Å². The van der Waals surface area contributed by atoms with Gasteiger partial charge in [-0.1, -0.05) is 34.8 Å². The van der Waals surface area contributed by atoms with Gasteiger partial charge >= 0.3 is 0 Å². The lowest BCUT2D eigenvalue weighted by Gasteiger charge is -2.06. The van der Waals surface area contributed by atoms with Crippen molar-refractivity contribution >= 4 is 40.5 Å². The molecule has 3 rings (SSSR count). The van der Waals surface area contributed by atoms with Crippen LogP contribution in [0.5, 0.6) is 0 Å². The van der Waals surface area contributed by atoms with Gasteiger partial charge in [0.05, 0.1) is 17.3 Å². The zero-order valence-corrected chi connectivity index (χ0v) is 13.5. The lowest BCUT2D eigenvalue weighted by molar-refractivity contribution is 0.515. The molecule has 4 nitrogen and oxygen atoms in total. The molecule has 0 saturated heterocycles. The normalized spacial score (nSPS) is 10.7. The minimum absolute atomic E-state index is 0.348. The number of benzene rings is 2. The molecular formula is C15H10Cl3N3O. The summed E-state index contributed by atoms with van der Waals surface area (Å²) >= 11 is 17.9. The molecule has 0 amide bonds. The highest BCUT2D eigenvalue weighted by Crippen LogP contribution is 2.26. The van der Waals surface area contributed by atoms with Crippen LogP contribution in [0.2, 0.25) is 15.1 Å². The molecule has 7 heteroatoms. The largest absolute Gasteiger partial charge is 0.419 e. The van der Waals surface area contributed by atoms with E-state index in [1.807, 2.05) is 12.1 Å². The van der Waals surface area contributed by atoms with Gasteiger partial charge in [0.2, 0.25) is 11.8 Å². The SMILES string of the molecule is Clc1ccc(-c2nnc(CNc3cc(Cl)ccc3Cl)o2)cc1. The van der Waals surface area contributed by atoms with Gasteiger partial charge in [-0.25, -0.2) is 0 Å². The van der Waals surface area contributed by atoms with Crippen molar-refractivity contribution < 1.29 is 4.42 Å². The van der Waals surface area contributed by atoms with Gasteiger partial charge in [0.1, 0.15) is 0 Å². The molecule has 0 bridgehead atoms. The Morgan fingerprint density at radius 1 is 0.909 bits per heavy atom. The summed E-state index contributed by atoms with van der Waals surface area (Å²) in [4.78, 5) is 0. The highest BCUT2D eigenvalue weighted by molar-refractivity contribution is 6.35. The summed E-state index contributed by atoms with van der Waals surface area (Å²) in [6.07, 6.45) is 0. The van der Waals surface area contributed by atoms with E-state index >= 15 is 0 Å². The second kappa shape index (κ2) is 6.57. The fourth-order valence-electron chi connectivity index (χ4n) is 1.84. The molecule has 1 heterocycles. The Hall–Kier alpha value is -1.75. The molecule has 0 saturated carbocycles.